The first-order valence-corrected chi connectivity index (χ1v) is 8.70. The first kappa shape index (κ1) is 17.6. The Kier molecular flexibility index (Phi) is 5.73. The average molecular weight is 317 g/mol. The monoisotopic (exact) mass is 317 g/mol. The van der Waals surface area contributed by atoms with Gasteiger partial charge in [0.05, 0.1) is 4.91 Å². The molecular formula is C14H24NO3PS. The Hall–Kier alpha value is -0.480. The van der Waals surface area contributed by atoms with E-state index in [-0.39, 0.29) is 27.9 Å². The van der Waals surface area contributed by atoms with E-state index in [1.165, 1.54) is 6.08 Å². The molecule has 20 heavy (non-hydrogen) atoms. The topological polar surface area (TPSA) is 80.4 Å². The second-order valence-electron chi connectivity index (χ2n) is 6.08. The molecule has 0 spiro atoms. The van der Waals surface area contributed by atoms with Crippen molar-refractivity contribution in [1.29, 1.82) is 0 Å². The fourth-order valence-electron chi connectivity index (χ4n) is 2.36. The second-order valence-corrected chi connectivity index (χ2v) is 8.55. The normalized spacial score (nSPS) is 23.1. The van der Waals surface area contributed by atoms with Crippen molar-refractivity contribution < 1.29 is 13.0 Å². The van der Waals surface area contributed by atoms with Gasteiger partial charge in [-0.05, 0) is 37.9 Å². The molecule has 3 N–H and O–H groups in total. The highest BCUT2D eigenvalue weighted by molar-refractivity contribution is 7.90. The quantitative estimate of drug-likeness (QED) is 0.603. The van der Waals surface area contributed by atoms with Crippen LogP contribution in [0.4, 0.5) is 0 Å². The van der Waals surface area contributed by atoms with Crippen molar-refractivity contribution in [3.63, 3.8) is 0 Å². The summed E-state index contributed by atoms with van der Waals surface area (Å²) in [5.41, 5.74) is 6.03. The van der Waals surface area contributed by atoms with Crippen LogP contribution < -0.4 is 5.73 Å². The number of nitrogens with two attached hydrogens (primary N) is 1. The van der Waals surface area contributed by atoms with Crippen LogP contribution in [0, 0.1) is 11.8 Å². The zero-order valence-corrected chi connectivity index (χ0v) is 14.1. The molecule has 1 aliphatic rings. The lowest BCUT2D eigenvalue weighted by Crippen LogP contribution is -2.38. The molecule has 1 rings (SSSR count). The van der Waals surface area contributed by atoms with E-state index in [1.807, 2.05) is 26.0 Å². The van der Waals surface area contributed by atoms with Gasteiger partial charge >= 0.3 is 0 Å². The molecule has 0 heterocycles. The Morgan fingerprint density at radius 1 is 1.45 bits per heavy atom. The Labute approximate surface area is 124 Å². The molecular weight excluding hydrogens is 293 g/mol. The third-order valence-corrected chi connectivity index (χ3v) is 4.65. The molecule has 4 unspecified atom stereocenters. The molecule has 0 aliphatic heterocycles. The highest BCUT2D eigenvalue weighted by Gasteiger charge is 2.28. The number of hydrogen-bond acceptors (Lipinski definition) is 3. The lowest BCUT2D eigenvalue weighted by Gasteiger charge is -2.32. The number of allylic oxidation sites excluding steroid dienone is 5. The van der Waals surface area contributed by atoms with Crippen molar-refractivity contribution in [2.24, 2.45) is 17.6 Å². The first-order chi connectivity index (χ1) is 9.00. The Morgan fingerprint density at radius 3 is 2.50 bits per heavy atom. The Bertz CT molecular complexity index is 527. The number of hydrogen-bond donors (Lipinski definition) is 2. The van der Waals surface area contributed by atoms with Gasteiger partial charge in [-0.3, -0.25) is 4.55 Å². The summed E-state index contributed by atoms with van der Waals surface area (Å²) < 4.78 is 31.9. The highest BCUT2D eigenvalue weighted by Crippen LogP contribution is 2.33. The van der Waals surface area contributed by atoms with Gasteiger partial charge in [-0.25, -0.2) is 0 Å². The van der Waals surface area contributed by atoms with Gasteiger partial charge in [0.25, 0.3) is 10.1 Å². The van der Waals surface area contributed by atoms with Crippen LogP contribution in [-0.2, 0) is 10.1 Å². The Morgan fingerprint density at radius 2 is 2.05 bits per heavy atom. The molecule has 0 aromatic heterocycles. The van der Waals surface area contributed by atoms with Crippen LogP contribution >= 0.6 is 9.24 Å². The predicted octanol–water partition coefficient (Wildman–Crippen LogP) is 2.51. The molecule has 0 radical (unpaired) electrons. The van der Waals surface area contributed by atoms with E-state index in [1.54, 1.807) is 12.2 Å². The molecule has 0 amide bonds. The van der Waals surface area contributed by atoms with Crippen molar-refractivity contribution in [3.05, 3.63) is 35.3 Å². The second kappa shape index (κ2) is 6.52. The number of rotatable bonds is 5. The van der Waals surface area contributed by atoms with E-state index in [2.05, 4.69) is 16.2 Å². The van der Waals surface area contributed by atoms with Gasteiger partial charge in [0, 0.05) is 11.5 Å². The largest absolute Gasteiger partial charge is 0.326 e. The maximum Gasteiger partial charge on any atom is 0.294 e. The highest BCUT2D eigenvalue weighted by atomic mass is 32.2. The average Bonchev–Trinajstić information content (AvgIpc) is 2.48. The fraction of sp³-hybridized carbons (Fsp3) is 0.571. The van der Waals surface area contributed by atoms with E-state index in [9.17, 15) is 13.0 Å². The smallest absolute Gasteiger partial charge is 0.294 e. The third-order valence-electron chi connectivity index (χ3n) is 3.29. The van der Waals surface area contributed by atoms with E-state index in [0.717, 1.165) is 6.42 Å². The van der Waals surface area contributed by atoms with Gasteiger partial charge in [-0.15, -0.1) is 9.24 Å². The SMILES string of the molecule is CC(P)C(CC(C)(C)N)C1C=CC=CC(S(=O)(=O)O)=C1. The van der Waals surface area contributed by atoms with Crippen LogP contribution in [-0.4, -0.2) is 24.2 Å². The fourth-order valence-corrected chi connectivity index (χ4v) is 3.33. The molecule has 4 nitrogen and oxygen atoms in total. The molecule has 1 aliphatic carbocycles. The van der Waals surface area contributed by atoms with Gasteiger partial charge < -0.3 is 5.73 Å². The molecule has 0 bridgehead atoms. The lowest BCUT2D eigenvalue weighted by atomic mass is 9.80. The molecule has 0 aromatic carbocycles. The minimum absolute atomic E-state index is 0.0574. The summed E-state index contributed by atoms with van der Waals surface area (Å²) in [4.78, 5) is -0.0574. The summed E-state index contributed by atoms with van der Waals surface area (Å²) in [6.45, 7) is 5.98. The zero-order valence-electron chi connectivity index (χ0n) is 12.2. The molecule has 0 saturated heterocycles. The Balaban J connectivity index is 3.13. The van der Waals surface area contributed by atoms with Crippen molar-refractivity contribution >= 4 is 19.4 Å². The molecule has 0 aromatic rings. The van der Waals surface area contributed by atoms with Crippen LogP contribution in [0.1, 0.15) is 27.2 Å². The van der Waals surface area contributed by atoms with Crippen molar-refractivity contribution in [1.82, 2.24) is 0 Å². The van der Waals surface area contributed by atoms with E-state index >= 15 is 0 Å². The molecule has 0 fully saturated rings. The van der Waals surface area contributed by atoms with Crippen molar-refractivity contribution in [3.8, 4) is 0 Å². The van der Waals surface area contributed by atoms with Gasteiger partial charge in [0.1, 0.15) is 0 Å². The van der Waals surface area contributed by atoms with Crippen LogP contribution in [0.3, 0.4) is 0 Å². The maximum absolute atomic E-state index is 11.3. The summed E-state index contributed by atoms with van der Waals surface area (Å²) in [6.07, 6.45) is 9.14. The molecule has 0 saturated carbocycles. The summed E-state index contributed by atoms with van der Waals surface area (Å²) >= 11 is 0. The van der Waals surface area contributed by atoms with Crippen LogP contribution in [0.25, 0.3) is 0 Å². The van der Waals surface area contributed by atoms with Crippen LogP contribution in [0.2, 0.25) is 0 Å². The van der Waals surface area contributed by atoms with Gasteiger partial charge in [0.15, 0.2) is 0 Å². The summed E-state index contributed by atoms with van der Waals surface area (Å²) in [6, 6.07) is 0. The predicted molar refractivity (Wildman–Crippen MR) is 86.9 cm³/mol. The third kappa shape index (κ3) is 5.49. The summed E-state index contributed by atoms with van der Waals surface area (Å²) in [5.74, 6) is 0.0881. The maximum atomic E-state index is 11.3. The van der Waals surface area contributed by atoms with Crippen LogP contribution in [0.5, 0.6) is 0 Å². The standard InChI is InChI=1S/C14H24NO3PS/c1-10(19)13(9-14(2,3)15)11-6-4-5-7-12(8-11)20(16,17)18/h4-8,10-11,13H,9,15,19H2,1-3H3,(H,16,17,18). The van der Waals surface area contributed by atoms with Gasteiger partial charge in [-0.2, -0.15) is 8.42 Å². The minimum atomic E-state index is -4.19. The van der Waals surface area contributed by atoms with Crippen molar-refractivity contribution in [2.75, 3.05) is 0 Å². The minimum Gasteiger partial charge on any atom is -0.326 e. The van der Waals surface area contributed by atoms with Gasteiger partial charge in [-0.1, -0.05) is 31.2 Å². The van der Waals surface area contributed by atoms with Gasteiger partial charge in [0.2, 0.25) is 0 Å². The van der Waals surface area contributed by atoms with Crippen molar-refractivity contribution in [2.45, 2.75) is 38.4 Å². The van der Waals surface area contributed by atoms with E-state index in [0.29, 0.717) is 0 Å². The molecule has 6 heteroatoms. The molecule has 114 valence electrons. The first-order valence-electron chi connectivity index (χ1n) is 6.59. The zero-order chi connectivity index (χ0) is 15.6. The molecule has 4 atom stereocenters. The summed E-state index contributed by atoms with van der Waals surface area (Å²) in [7, 11) is -1.43. The van der Waals surface area contributed by atoms with Crippen LogP contribution in [0.15, 0.2) is 35.3 Å². The summed E-state index contributed by atoms with van der Waals surface area (Å²) in [5, 5.41) is 0. The van der Waals surface area contributed by atoms with E-state index < -0.39 is 10.1 Å². The van der Waals surface area contributed by atoms with E-state index in [4.69, 9.17) is 5.73 Å². The lowest BCUT2D eigenvalue weighted by molar-refractivity contribution is 0.323.